The Morgan fingerprint density at radius 3 is 2.43 bits per heavy atom. The number of carbonyl (C=O) groups excluding carboxylic acids is 1. The number of benzene rings is 3. The van der Waals surface area contributed by atoms with Crippen molar-refractivity contribution in [3.63, 3.8) is 0 Å². The van der Waals surface area contributed by atoms with Crippen LogP contribution in [-0.4, -0.2) is 36.4 Å². The first-order valence-corrected chi connectivity index (χ1v) is 15.8. The number of alkyl halides is 5. The Kier molecular flexibility index (Phi) is 10.3. The third kappa shape index (κ3) is 7.34. The second-order valence-electron chi connectivity index (χ2n) is 11.3. The molecular formula is C35H32F6N2O3S. The van der Waals surface area contributed by atoms with Crippen LogP contribution in [0.3, 0.4) is 0 Å². The molecule has 0 bridgehead atoms. The minimum absolute atomic E-state index is 0.0494. The van der Waals surface area contributed by atoms with E-state index in [2.05, 4.69) is 5.32 Å². The van der Waals surface area contributed by atoms with Crippen LogP contribution in [0.2, 0.25) is 0 Å². The van der Waals surface area contributed by atoms with Crippen LogP contribution in [0, 0.1) is 12.7 Å². The highest BCUT2D eigenvalue weighted by atomic mass is 32.2. The molecule has 2 heterocycles. The highest BCUT2D eigenvalue weighted by molar-refractivity contribution is 7.99. The number of aldehydes is 1. The molecule has 1 aliphatic rings. The smallest absolute Gasteiger partial charge is 0.373 e. The number of hydrogen-bond acceptors (Lipinski definition) is 5. The Labute approximate surface area is 272 Å². The van der Waals surface area contributed by atoms with Crippen LogP contribution in [0.1, 0.15) is 52.4 Å². The molecule has 2 atom stereocenters. The van der Waals surface area contributed by atoms with Crippen molar-refractivity contribution in [2.45, 2.75) is 49.5 Å². The predicted octanol–water partition coefficient (Wildman–Crippen LogP) is 7.88. The van der Waals surface area contributed by atoms with Gasteiger partial charge in [0.05, 0.1) is 34.8 Å². The van der Waals surface area contributed by atoms with Gasteiger partial charge in [0, 0.05) is 36.8 Å². The average Bonchev–Trinajstić information content (AvgIpc) is 3.46. The van der Waals surface area contributed by atoms with Crippen LogP contribution in [-0.2, 0) is 28.1 Å². The molecule has 0 saturated carbocycles. The number of rotatable bonds is 12. The van der Waals surface area contributed by atoms with Crippen LogP contribution in [0.4, 0.5) is 26.3 Å². The van der Waals surface area contributed by atoms with Gasteiger partial charge in [0.2, 0.25) is 0 Å². The minimum Gasteiger partial charge on any atom is -0.373 e. The molecule has 0 fully saturated rings. The van der Waals surface area contributed by atoms with Gasteiger partial charge >= 0.3 is 6.18 Å². The molecule has 0 aliphatic carbocycles. The quantitative estimate of drug-likeness (QED) is 0.0942. The maximum atomic E-state index is 15.2. The number of nitrogens with one attached hydrogen (secondary N) is 1. The first kappa shape index (κ1) is 34.5. The Bertz CT molecular complexity index is 1800. The summed E-state index contributed by atoms with van der Waals surface area (Å²) in [6.45, 7) is 2.71. The molecule has 1 aliphatic heterocycles. The van der Waals surface area contributed by atoms with Crippen molar-refractivity contribution in [1.82, 2.24) is 9.88 Å². The van der Waals surface area contributed by atoms with E-state index in [9.17, 15) is 31.5 Å². The summed E-state index contributed by atoms with van der Waals surface area (Å²) >= 11 is 1.27. The maximum absolute atomic E-state index is 15.2. The number of nitrogens with zero attached hydrogens (tertiary/aromatic N) is 1. The lowest BCUT2D eigenvalue weighted by Gasteiger charge is -2.28. The van der Waals surface area contributed by atoms with Gasteiger partial charge in [-0.15, -0.1) is 11.8 Å². The van der Waals surface area contributed by atoms with Crippen LogP contribution >= 0.6 is 11.8 Å². The second kappa shape index (κ2) is 14.1. The van der Waals surface area contributed by atoms with Crippen molar-refractivity contribution < 1.29 is 35.9 Å². The Hall–Kier alpha value is -3.87. The number of fused-ring (bicyclic) bond motifs is 1. The zero-order valence-electron chi connectivity index (χ0n) is 25.5. The van der Waals surface area contributed by atoms with Crippen LogP contribution in [0.15, 0.2) is 82.6 Å². The van der Waals surface area contributed by atoms with Gasteiger partial charge in [-0.1, -0.05) is 54.6 Å². The molecule has 5 rings (SSSR count). The number of carbonyl (C=O) groups is 1. The Morgan fingerprint density at radius 1 is 1.02 bits per heavy atom. The number of halogens is 6. The van der Waals surface area contributed by atoms with Crippen molar-refractivity contribution >= 4 is 18.0 Å². The van der Waals surface area contributed by atoms with Gasteiger partial charge in [-0.25, -0.2) is 13.2 Å². The van der Waals surface area contributed by atoms with E-state index in [0.29, 0.717) is 29.2 Å². The zero-order valence-corrected chi connectivity index (χ0v) is 26.4. The standard InChI is InChI=1S/C35H32F6N2O3S/c1-21-25(19-26-27(35(39,40)41)12-7-13-28(26)36)33-43(32(45)30(21)23-10-6-11-24(18-23)34(2,37)38)29(20-47-33)31(22-8-4-3-5-9-22)42-14-16-46-17-15-44/h3-13,15,18,29,31,42H,14,16-17,19-20H2,1-2H3. The van der Waals surface area contributed by atoms with Crippen LogP contribution in [0.5, 0.6) is 0 Å². The fraction of sp³-hybridized carbons (Fsp3) is 0.314. The van der Waals surface area contributed by atoms with Crippen molar-refractivity contribution in [3.8, 4) is 11.1 Å². The van der Waals surface area contributed by atoms with Gasteiger partial charge in [-0.3, -0.25) is 9.36 Å². The average molecular weight is 675 g/mol. The van der Waals surface area contributed by atoms with Crippen LogP contribution < -0.4 is 10.9 Å². The first-order chi connectivity index (χ1) is 22.3. The van der Waals surface area contributed by atoms with E-state index in [-0.39, 0.29) is 35.5 Å². The first-order valence-electron chi connectivity index (χ1n) is 14.9. The number of thioether (sulfide) groups is 1. The van der Waals surface area contributed by atoms with Crippen molar-refractivity contribution in [2.75, 3.05) is 25.5 Å². The molecule has 3 aromatic carbocycles. The monoisotopic (exact) mass is 674 g/mol. The van der Waals surface area contributed by atoms with Crippen molar-refractivity contribution in [2.24, 2.45) is 0 Å². The van der Waals surface area contributed by atoms with Crippen molar-refractivity contribution in [3.05, 3.63) is 122 Å². The molecule has 0 radical (unpaired) electrons. The highest BCUT2D eigenvalue weighted by Crippen LogP contribution is 2.45. The topological polar surface area (TPSA) is 60.3 Å². The summed E-state index contributed by atoms with van der Waals surface area (Å²) in [7, 11) is 0. The van der Waals surface area contributed by atoms with E-state index < -0.39 is 53.1 Å². The van der Waals surface area contributed by atoms with Crippen molar-refractivity contribution in [1.29, 1.82) is 0 Å². The van der Waals surface area contributed by atoms with E-state index in [1.807, 2.05) is 30.3 Å². The molecule has 1 N–H and O–H groups in total. The molecule has 0 saturated heterocycles. The number of pyridine rings is 1. The van der Waals surface area contributed by atoms with Gasteiger partial charge in [-0.2, -0.15) is 13.2 Å². The van der Waals surface area contributed by atoms with E-state index in [0.717, 1.165) is 30.7 Å². The lowest BCUT2D eigenvalue weighted by Crippen LogP contribution is -2.37. The van der Waals surface area contributed by atoms with Gasteiger partial charge in [0.25, 0.3) is 11.5 Å². The highest BCUT2D eigenvalue weighted by Gasteiger charge is 2.38. The molecule has 47 heavy (non-hydrogen) atoms. The predicted molar refractivity (Wildman–Crippen MR) is 168 cm³/mol. The molecule has 248 valence electrons. The molecule has 4 aromatic rings. The van der Waals surface area contributed by atoms with Gasteiger partial charge < -0.3 is 14.8 Å². The van der Waals surface area contributed by atoms with Gasteiger partial charge in [0.15, 0.2) is 0 Å². The summed E-state index contributed by atoms with van der Waals surface area (Å²) in [6, 6.07) is 16.3. The van der Waals surface area contributed by atoms with E-state index in [1.165, 1.54) is 40.6 Å². The van der Waals surface area contributed by atoms with E-state index in [4.69, 9.17) is 4.74 Å². The molecule has 5 nitrogen and oxygen atoms in total. The molecule has 2 unspecified atom stereocenters. The lowest BCUT2D eigenvalue weighted by molar-refractivity contribution is -0.138. The lowest BCUT2D eigenvalue weighted by atomic mass is 9.91. The van der Waals surface area contributed by atoms with Gasteiger partial charge in [-0.05, 0) is 47.4 Å². The summed E-state index contributed by atoms with van der Waals surface area (Å²) in [5.41, 5.74) is -0.905. The SMILES string of the molecule is Cc1c(Cc2c(F)cccc2C(F)(F)F)c2n(c(=O)c1-c1cccc(C(C)(F)F)c1)C(C(NCCOCC=O)c1ccccc1)CS2. The number of hydrogen-bond donors (Lipinski definition) is 1. The fourth-order valence-electron chi connectivity index (χ4n) is 6.00. The fourth-order valence-corrected chi connectivity index (χ4v) is 7.43. The Balaban J connectivity index is 1.73. The largest absolute Gasteiger partial charge is 0.416 e. The third-order valence-corrected chi connectivity index (χ3v) is 9.46. The summed E-state index contributed by atoms with van der Waals surface area (Å²) in [5.74, 6) is -3.93. The summed E-state index contributed by atoms with van der Waals surface area (Å²) in [6.07, 6.45) is -4.69. The normalized spacial score (nSPS) is 15.4. The molecule has 12 heteroatoms. The molecule has 1 aromatic heterocycles. The van der Waals surface area contributed by atoms with Gasteiger partial charge in [0.1, 0.15) is 18.7 Å². The minimum atomic E-state index is -4.84. The summed E-state index contributed by atoms with van der Waals surface area (Å²) < 4.78 is 93.1. The molecule has 0 spiro atoms. The van der Waals surface area contributed by atoms with E-state index in [1.54, 1.807) is 6.92 Å². The van der Waals surface area contributed by atoms with E-state index >= 15 is 4.39 Å². The summed E-state index contributed by atoms with van der Waals surface area (Å²) in [4.78, 5) is 25.2. The maximum Gasteiger partial charge on any atom is 0.416 e. The number of ether oxygens (including phenoxy) is 1. The zero-order chi connectivity index (χ0) is 33.9. The Morgan fingerprint density at radius 2 is 1.74 bits per heavy atom. The molecular weight excluding hydrogens is 642 g/mol. The molecule has 0 amide bonds. The summed E-state index contributed by atoms with van der Waals surface area (Å²) in [5, 5.41) is 3.78. The number of aromatic nitrogens is 1. The van der Waals surface area contributed by atoms with Crippen LogP contribution in [0.25, 0.3) is 11.1 Å². The second-order valence-corrected chi connectivity index (χ2v) is 12.3. The third-order valence-electron chi connectivity index (χ3n) is 8.24.